The number of carboxylic acids is 1. The first-order chi connectivity index (χ1) is 10.4. The number of unbranched alkanes of at least 4 members (excludes halogenated alkanes) is 2. The number of aliphatic carboxylic acids is 1. The average molecular weight is 308 g/mol. The maximum absolute atomic E-state index is 12.0. The molecule has 2 atom stereocenters. The zero-order valence-corrected chi connectivity index (χ0v) is 14.6. The summed E-state index contributed by atoms with van der Waals surface area (Å²) in [6, 6.07) is 0. The monoisotopic (exact) mass is 308 g/mol. The van der Waals surface area contributed by atoms with Crippen LogP contribution in [0.2, 0.25) is 0 Å². The maximum Gasteiger partial charge on any atom is 0.314 e. The standard InChI is InChI=1S/C19H32O3/c1-15(2)9-6-5-7-12-19(18(20)21)13-8-10-16(3)17(19)11-14-22-4/h8,10,13,15,17H,5-7,9,11-12,14H2,1-4H3,(H,20,21). The molecule has 0 saturated carbocycles. The first-order valence-electron chi connectivity index (χ1n) is 8.52. The highest BCUT2D eigenvalue weighted by atomic mass is 16.5. The van der Waals surface area contributed by atoms with Crippen LogP contribution in [0.25, 0.3) is 0 Å². The fourth-order valence-corrected chi connectivity index (χ4v) is 3.46. The zero-order valence-electron chi connectivity index (χ0n) is 14.6. The lowest BCUT2D eigenvalue weighted by atomic mass is 9.65. The third kappa shape index (κ3) is 4.98. The molecule has 0 saturated heterocycles. The van der Waals surface area contributed by atoms with E-state index in [-0.39, 0.29) is 5.92 Å². The lowest BCUT2D eigenvalue weighted by Crippen LogP contribution is -2.39. The molecule has 0 bridgehead atoms. The number of methoxy groups -OCH3 is 1. The highest BCUT2D eigenvalue weighted by Crippen LogP contribution is 2.44. The Morgan fingerprint density at radius 2 is 2.09 bits per heavy atom. The van der Waals surface area contributed by atoms with Crippen LogP contribution in [-0.2, 0) is 9.53 Å². The molecule has 0 fully saturated rings. The number of rotatable bonds is 10. The normalized spacial score (nSPS) is 24.6. The van der Waals surface area contributed by atoms with Gasteiger partial charge in [-0.1, -0.05) is 63.3 Å². The van der Waals surface area contributed by atoms with E-state index in [9.17, 15) is 9.90 Å². The van der Waals surface area contributed by atoms with Crippen LogP contribution < -0.4 is 0 Å². The molecule has 3 nitrogen and oxygen atoms in total. The molecular formula is C19H32O3. The molecule has 3 heteroatoms. The van der Waals surface area contributed by atoms with Crippen LogP contribution in [0.4, 0.5) is 0 Å². The van der Waals surface area contributed by atoms with Crippen molar-refractivity contribution >= 4 is 5.97 Å². The molecule has 0 radical (unpaired) electrons. The summed E-state index contributed by atoms with van der Waals surface area (Å²) >= 11 is 0. The van der Waals surface area contributed by atoms with E-state index < -0.39 is 11.4 Å². The van der Waals surface area contributed by atoms with Crippen LogP contribution >= 0.6 is 0 Å². The third-order valence-corrected chi connectivity index (χ3v) is 4.80. The Labute approximate surface area is 135 Å². The van der Waals surface area contributed by atoms with E-state index in [1.54, 1.807) is 7.11 Å². The lowest BCUT2D eigenvalue weighted by Gasteiger charge is -2.37. The number of ether oxygens (including phenoxy) is 1. The summed E-state index contributed by atoms with van der Waals surface area (Å²) in [5.74, 6) is 0.0730. The van der Waals surface area contributed by atoms with Gasteiger partial charge in [-0.15, -0.1) is 0 Å². The Kier molecular flexibility index (Phi) is 7.88. The summed E-state index contributed by atoms with van der Waals surface area (Å²) in [4.78, 5) is 12.0. The second-order valence-corrected chi connectivity index (χ2v) is 6.94. The summed E-state index contributed by atoms with van der Waals surface area (Å²) in [5, 5.41) is 9.90. The van der Waals surface area contributed by atoms with Gasteiger partial charge in [0.05, 0.1) is 5.41 Å². The van der Waals surface area contributed by atoms with E-state index in [0.29, 0.717) is 6.61 Å². The molecular weight excluding hydrogens is 276 g/mol. The number of hydrogen-bond acceptors (Lipinski definition) is 2. The van der Waals surface area contributed by atoms with E-state index in [4.69, 9.17) is 4.74 Å². The summed E-state index contributed by atoms with van der Waals surface area (Å²) in [6.07, 6.45) is 11.8. The fourth-order valence-electron chi connectivity index (χ4n) is 3.46. The van der Waals surface area contributed by atoms with E-state index in [1.807, 2.05) is 25.2 Å². The molecule has 0 spiro atoms. The van der Waals surface area contributed by atoms with Gasteiger partial charge in [0.25, 0.3) is 0 Å². The van der Waals surface area contributed by atoms with Crippen LogP contribution in [-0.4, -0.2) is 24.8 Å². The minimum Gasteiger partial charge on any atom is -0.481 e. The molecule has 0 aromatic carbocycles. The molecule has 0 amide bonds. The Morgan fingerprint density at radius 1 is 1.36 bits per heavy atom. The Balaban J connectivity index is 2.73. The minimum absolute atomic E-state index is 0.0417. The molecule has 1 aliphatic rings. The highest BCUT2D eigenvalue weighted by molar-refractivity contribution is 5.78. The molecule has 0 aliphatic heterocycles. The molecule has 2 unspecified atom stereocenters. The Bertz CT molecular complexity index is 409. The molecule has 0 aromatic rings. The lowest BCUT2D eigenvalue weighted by molar-refractivity contribution is -0.149. The SMILES string of the molecule is COCCC1C(C)=CC=CC1(CCCCCC(C)C)C(=O)O. The van der Waals surface area contributed by atoms with Crippen LogP contribution in [0.15, 0.2) is 23.8 Å². The van der Waals surface area contributed by atoms with Crippen molar-refractivity contribution in [2.24, 2.45) is 17.3 Å². The summed E-state index contributed by atoms with van der Waals surface area (Å²) in [7, 11) is 1.67. The van der Waals surface area contributed by atoms with E-state index >= 15 is 0 Å². The Morgan fingerprint density at radius 3 is 2.68 bits per heavy atom. The molecule has 1 rings (SSSR count). The quantitative estimate of drug-likeness (QED) is 0.588. The zero-order chi connectivity index (χ0) is 16.6. The van der Waals surface area contributed by atoms with Crippen molar-refractivity contribution in [1.82, 2.24) is 0 Å². The summed E-state index contributed by atoms with van der Waals surface area (Å²) < 4.78 is 5.19. The van der Waals surface area contributed by atoms with Gasteiger partial charge in [0, 0.05) is 19.6 Å². The molecule has 0 heterocycles. The largest absolute Gasteiger partial charge is 0.481 e. The summed E-state index contributed by atoms with van der Waals surface area (Å²) in [6.45, 7) is 7.11. The van der Waals surface area contributed by atoms with Gasteiger partial charge in [-0.3, -0.25) is 4.79 Å². The number of carbonyl (C=O) groups is 1. The second-order valence-electron chi connectivity index (χ2n) is 6.94. The summed E-state index contributed by atoms with van der Waals surface area (Å²) in [5.41, 5.74) is 0.402. The average Bonchev–Trinajstić information content (AvgIpc) is 2.45. The van der Waals surface area contributed by atoms with Crippen molar-refractivity contribution in [2.45, 2.75) is 59.3 Å². The van der Waals surface area contributed by atoms with E-state index in [2.05, 4.69) is 13.8 Å². The van der Waals surface area contributed by atoms with Gasteiger partial charge in [-0.2, -0.15) is 0 Å². The van der Waals surface area contributed by atoms with Crippen molar-refractivity contribution < 1.29 is 14.6 Å². The fraction of sp³-hybridized carbons (Fsp3) is 0.737. The smallest absolute Gasteiger partial charge is 0.314 e. The first-order valence-corrected chi connectivity index (χ1v) is 8.52. The van der Waals surface area contributed by atoms with Crippen LogP contribution in [0.5, 0.6) is 0 Å². The highest BCUT2D eigenvalue weighted by Gasteiger charge is 2.44. The van der Waals surface area contributed by atoms with Crippen molar-refractivity contribution in [3.05, 3.63) is 23.8 Å². The first kappa shape index (κ1) is 19.0. The topological polar surface area (TPSA) is 46.5 Å². The number of hydrogen-bond donors (Lipinski definition) is 1. The number of allylic oxidation sites excluding steroid dienone is 3. The molecule has 1 N–H and O–H groups in total. The van der Waals surface area contributed by atoms with Gasteiger partial charge in [0.1, 0.15) is 0 Å². The predicted molar refractivity (Wildman–Crippen MR) is 90.9 cm³/mol. The van der Waals surface area contributed by atoms with Crippen molar-refractivity contribution in [2.75, 3.05) is 13.7 Å². The van der Waals surface area contributed by atoms with E-state index in [0.717, 1.165) is 37.2 Å². The van der Waals surface area contributed by atoms with Gasteiger partial charge in [0.2, 0.25) is 0 Å². The van der Waals surface area contributed by atoms with Crippen molar-refractivity contribution in [3.63, 3.8) is 0 Å². The van der Waals surface area contributed by atoms with Crippen molar-refractivity contribution in [1.29, 1.82) is 0 Å². The van der Waals surface area contributed by atoms with Gasteiger partial charge in [-0.05, 0) is 25.7 Å². The molecule has 0 aromatic heterocycles. The predicted octanol–water partition coefficient (Wildman–Crippen LogP) is 4.83. The van der Waals surface area contributed by atoms with Gasteiger partial charge >= 0.3 is 5.97 Å². The van der Waals surface area contributed by atoms with Gasteiger partial charge < -0.3 is 9.84 Å². The molecule has 126 valence electrons. The van der Waals surface area contributed by atoms with Crippen LogP contribution in [0.3, 0.4) is 0 Å². The van der Waals surface area contributed by atoms with Gasteiger partial charge in [0.15, 0.2) is 0 Å². The van der Waals surface area contributed by atoms with Crippen LogP contribution in [0.1, 0.15) is 59.3 Å². The molecule has 1 aliphatic carbocycles. The Hall–Kier alpha value is -1.09. The van der Waals surface area contributed by atoms with Crippen molar-refractivity contribution in [3.8, 4) is 0 Å². The van der Waals surface area contributed by atoms with Gasteiger partial charge in [-0.25, -0.2) is 0 Å². The minimum atomic E-state index is -0.755. The molecule has 22 heavy (non-hydrogen) atoms. The maximum atomic E-state index is 12.0. The second kappa shape index (κ2) is 9.14. The van der Waals surface area contributed by atoms with E-state index in [1.165, 1.54) is 12.8 Å². The third-order valence-electron chi connectivity index (χ3n) is 4.80. The number of carboxylic acid groups (broad SMARTS) is 1. The van der Waals surface area contributed by atoms with Crippen LogP contribution in [0, 0.1) is 17.3 Å².